The van der Waals surface area contributed by atoms with Crippen molar-refractivity contribution < 1.29 is 18.0 Å². The number of aryl methyl sites for hydroxylation is 1. The Kier molecular flexibility index (Phi) is 6.81. The number of rotatable bonds is 7. The van der Waals surface area contributed by atoms with Crippen molar-refractivity contribution in [2.45, 2.75) is 31.3 Å². The molecule has 5 nitrogen and oxygen atoms in total. The first-order chi connectivity index (χ1) is 14.3. The predicted molar refractivity (Wildman–Crippen MR) is 111 cm³/mol. The van der Waals surface area contributed by atoms with Gasteiger partial charge >= 0.3 is 6.18 Å². The maximum atomic E-state index is 12.8. The molecule has 0 fully saturated rings. The molecule has 9 heteroatoms. The molecule has 0 N–H and O–H groups in total. The molecule has 0 aliphatic rings. The normalized spacial score (nSPS) is 11.5. The van der Waals surface area contributed by atoms with E-state index in [-0.39, 0.29) is 12.3 Å². The van der Waals surface area contributed by atoms with Crippen LogP contribution in [0, 0.1) is 6.92 Å². The number of anilines is 1. The van der Waals surface area contributed by atoms with Crippen molar-refractivity contribution in [3.63, 3.8) is 0 Å². The topological polar surface area (TPSA) is 51.0 Å². The summed E-state index contributed by atoms with van der Waals surface area (Å²) < 4.78 is 40.2. The fraction of sp³-hybridized carbons (Fsp3) is 0.286. The van der Waals surface area contributed by atoms with E-state index in [1.54, 1.807) is 40.3 Å². The van der Waals surface area contributed by atoms with Crippen LogP contribution in [0.3, 0.4) is 0 Å². The van der Waals surface area contributed by atoms with Crippen molar-refractivity contribution in [3.8, 4) is 5.69 Å². The molecule has 2 aromatic heterocycles. The Balaban J connectivity index is 1.65. The maximum Gasteiger partial charge on any atom is 0.416 e. The van der Waals surface area contributed by atoms with E-state index in [0.29, 0.717) is 28.6 Å². The number of alkyl halides is 3. The number of hydrogen-bond acceptors (Lipinski definition) is 4. The lowest BCUT2D eigenvalue weighted by Gasteiger charge is -2.20. The van der Waals surface area contributed by atoms with Gasteiger partial charge in [-0.2, -0.15) is 18.3 Å². The minimum Gasteiger partial charge on any atom is -0.310 e. The van der Waals surface area contributed by atoms with Gasteiger partial charge in [-0.05, 0) is 44.2 Å². The van der Waals surface area contributed by atoms with Crippen molar-refractivity contribution >= 4 is 23.4 Å². The first-order valence-corrected chi connectivity index (χ1v) is 10.3. The largest absolute Gasteiger partial charge is 0.416 e. The van der Waals surface area contributed by atoms with Gasteiger partial charge in [0.25, 0.3) is 0 Å². The van der Waals surface area contributed by atoms with Gasteiger partial charge in [0.1, 0.15) is 0 Å². The second kappa shape index (κ2) is 9.34. The van der Waals surface area contributed by atoms with Crippen molar-refractivity contribution in [2.75, 3.05) is 17.2 Å². The number of benzene rings is 1. The van der Waals surface area contributed by atoms with Crippen LogP contribution in [0.1, 0.15) is 24.6 Å². The summed E-state index contributed by atoms with van der Waals surface area (Å²) in [6, 6.07) is 8.81. The highest BCUT2D eigenvalue weighted by molar-refractivity contribution is 7.99. The van der Waals surface area contributed by atoms with Crippen molar-refractivity contribution in [2.24, 2.45) is 0 Å². The van der Waals surface area contributed by atoms with Crippen LogP contribution in [0.15, 0.2) is 59.9 Å². The highest BCUT2D eigenvalue weighted by Gasteiger charge is 2.30. The quantitative estimate of drug-likeness (QED) is 0.484. The summed E-state index contributed by atoms with van der Waals surface area (Å²) in [4.78, 5) is 19.0. The number of hydrogen-bond donors (Lipinski definition) is 0. The van der Waals surface area contributed by atoms with E-state index >= 15 is 0 Å². The summed E-state index contributed by atoms with van der Waals surface area (Å²) in [6.07, 6.45) is 0.960. The molecule has 0 saturated heterocycles. The third-order valence-corrected chi connectivity index (χ3v) is 5.43. The number of amides is 1. The number of pyridine rings is 1. The molecule has 0 bridgehead atoms. The summed E-state index contributed by atoms with van der Waals surface area (Å²) in [7, 11) is 0. The average molecular weight is 434 g/mol. The Morgan fingerprint density at radius 2 is 2.03 bits per heavy atom. The summed E-state index contributed by atoms with van der Waals surface area (Å²) in [5.41, 5.74) is 1.51. The number of carbonyl (C=O) groups is 1. The number of thioether (sulfide) groups is 1. The number of halogens is 3. The number of carbonyl (C=O) groups excluding carboxylic acids is 1. The molecule has 158 valence electrons. The van der Waals surface area contributed by atoms with E-state index in [1.807, 2.05) is 19.9 Å². The van der Waals surface area contributed by atoms with E-state index in [1.165, 1.54) is 17.8 Å². The molecule has 0 spiro atoms. The fourth-order valence-corrected chi connectivity index (χ4v) is 3.87. The van der Waals surface area contributed by atoms with Gasteiger partial charge < -0.3 is 4.90 Å². The molecule has 0 aliphatic heterocycles. The third-order valence-electron chi connectivity index (χ3n) is 4.44. The molecule has 1 amide bonds. The second-order valence-corrected chi connectivity index (χ2v) is 7.69. The van der Waals surface area contributed by atoms with Gasteiger partial charge in [0.05, 0.1) is 35.0 Å². The second-order valence-electron chi connectivity index (χ2n) is 6.52. The molecule has 0 atom stereocenters. The minimum absolute atomic E-state index is 0.106. The highest BCUT2D eigenvalue weighted by Crippen LogP contribution is 2.32. The SMILES string of the molecule is CCN(C(=O)CCSc1cccc(C(F)(F)F)c1)c1cn(-c2cccnc2)nc1C. The summed E-state index contributed by atoms with van der Waals surface area (Å²) >= 11 is 1.23. The van der Waals surface area contributed by atoms with Crippen LogP contribution in [-0.2, 0) is 11.0 Å². The van der Waals surface area contributed by atoms with Crippen LogP contribution in [0.25, 0.3) is 5.69 Å². The van der Waals surface area contributed by atoms with Crippen molar-refractivity contribution in [1.29, 1.82) is 0 Å². The first kappa shape index (κ1) is 21.9. The van der Waals surface area contributed by atoms with Gasteiger partial charge in [0, 0.05) is 29.8 Å². The number of nitrogens with zero attached hydrogens (tertiary/aromatic N) is 4. The van der Waals surface area contributed by atoms with E-state index < -0.39 is 11.7 Å². The van der Waals surface area contributed by atoms with E-state index in [2.05, 4.69) is 10.1 Å². The molecule has 2 heterocycles. The van der Waals surface area contributed by atoms with Gasteiger partial charge in [0.15, 0.2) is 0 Å². The van der Waals surface area contributed by atoms with Gasteiger partial charge in [-0.3, -0.25) is 9.78 Å². The van der Waals surface area contributed by atoms with Crippen molar-refractivity contribution in [1.82, 2.24) is 14.8 Å². The molecule has 3 aromatic rings. The van der Waals surface area contributed by atoms with Gasteiger partial charge in [0.2, 0.25) is 5.91 Å². The van der Waals surface area contributed by atoms with Gasteiger partial charge in [-0.25, -0.2) is 4.68 Å². The zero-order valence-electron chi connectivity index (χ0n) is 16.6. The highest BCUT2D eigenvalue weighted by atomic mass is 32.2. The Hall–Kier alpha value is -2.81. The Labute approximate surface area is 176 Å². The first-order valence-electron chi connectivity index (χ1n) is 9.36. The zero-order valence-corrected chi connectivity index (χ0v) is 17.4. The molecule has 0 unspecified atom stereocenters. The Morgan fingerprint density at radius 1 is 1.23 bits per heavy atom. The van der Waals surface area contributed by atoms with Crippen LogP contribution >= 0.6 is 11.8 Å². The molecule has 1 aromatic carbocycles. The van der Waals surface area contributed by atoms with Crippen LogP contribution in [-0.4, -0.2) is 33.0 Å². The standard InChI is InChI=1S/C21H21F3N4OS/c1-3-27(19-14-28(26-15(19)2)17-7-5-10-25-13-17)20(29)9-11-30-18-8-4-6-16(12-18)21(22,23)24/h4-8,10,12-14H,3,9,11H2,1-2H3. The lowest BCUT2D eigenvalue weighted by Crippen LogP contribution is -2.31. The average Bonchev–Trinajstić information content (AvgIpc) is 3.10. The monoisotopic (exact) mass is 434 g/mol. The van der Waals surface area contributed by atoms with Gasteiger partial charge in [-0.15, -0.1) is 11.8 Å². The Bertz CT molecular complexity index is 1000. The van der Waals surface area contributed by atoms with Gasteiger partial charge in [-0.1, -0.05) is 6.07 Å². The maximum absolute atomic E-state index is 12.8. The molecule has 0 saturated carbocycles. The van der Waals surface area contributed by atoms with Crippen molar-refractivity contribution in [3.05, 3.63) is 66.2 Å². The Morgan fingerprint density at radius 3 is 2.70 bits per heavy atom. The van der Waals surface area contributed by atoms with Crippen LogP contribution in [0.5, 0.6) is 0 Å². The molecular formula is C21H21F3N4OS. The molecule has 0 aliphatic carbocycles. The lowest BCUT2D eigenvalue weighted by molar-refractivity contribution is -0.137. The minimum atomic E-state index is -4.38. The van der Waals surface area contributed by atoms with Crippen LogP contribution in [0.4, 0.5) is 18.9 Å². The smallest absolute Gasteiger partial charge is 0.310 e. The summed E-state index contributed by atoms with van der Waals surface area (Å²) in [5.74, 6) is 0.276. The zero-order chi connectivity index (χ0) is 21.7. The third kappa shape index (κ3) is 5.21. The summed E-state index contributed by atoms with van der Waals surface area (Å²) in [5, 5.41) is 4.46. The molecule has 30 heavy (non-hydrogen) atoms. The van der Waals surface area contributed by atoms with E-state index in [9.17, 15) is 18.0 Å². The number of aromatic nitrogens is 3. The summed E-state index contributed by atoms with van der Waals surface area (Å²) in [6.45, 7) is 4.17. The molecule has 3 rings (SSSR count). The van der Waals surface area contributed by atoms with E-state index in [0.717, 1.165) is 17.8 Å². The van der Waals surface area contributed by atoms with Crippen LogP contribution in [0.2, 0.25) is 0 Å². The molecule has 0 radical (unpaired) electrons. The van der Waals surface area contributed by atoms with Crippen LogP contribution < -0.4 is 4.90 Å². The predicted octanol–water partition coefficient (Wildman–Crippen LogP) is 5.13. The lowest BCUT2D eigenvalue weighted by atomic mass is 10.2. The fourth-order valence-electron chi connectivity index (χ4n) is 2.97. The molecular weight excluding hydrogens is 413 g/mol. The van der Waals surface area contributed by atoms with E-state index in [4.69, 9.17) is 0 Å².